The summed E-state index contributed by atoms with van der Waals surface area (Å²) in [5.41, 5.74) is 3.23. The topological polar surface area (TPSA) is 52.6 Å². The van der Waals surface area contributed by atoms with Crippen molar-refractivity contribution >= 4 is 11.6 Å². The number of hydrogen-bond acceptors (Lipinski definition) is 3. The van der Waals surface area contributed by atoms with E-state index in [9.17, 15) is 9.90 Å². The van der Waals surface area contributed by atoms with Gasteiger partial charge in [0.05, 0.1) is 13.2 Å². The monoisotopic (exact) mass is 262 g/mol. The molecule has 2 rings (SSSR count). The molecule has 1 amide bonds. The van der Waals surface area contributed by atoms with Crippen LogP contribution in [0.25, 0.3) is 0 Å². The SMILES string of the molecule is Cc1ccc(NC(=O)CN2CCC[C@H]2CO)cc1C. The summed E-state index contributed by atoms with van der Waals surface area (Å²) in [6.45, 7) is 5.48. The number of nitrogens with zero attached hydrogens (tertiary/aromatic N) is 1. The van der Waals surface area contributed by atoms with E-state index >= 15 is 0 Å². The van der Waals surface area contributed by atoms with Crippen molar-refractivity contribution in [3.63, 3.8) is 0 Å². The predicted octanol–water partition coefficient (Wildman–Crippen LogP) is 1.70. The van der Waals surface area contributed by atoms with Crippen LogP contribution in [0.15, 0.2) is 18.2 Å². The average Bonchev–Trinajstić information content (AvgIpc) is 2.81. The highest BCUT2D eigenvalue weighted by Crippen LogP contribution is 2.17. The molecule has 4 heteroatoms. The molecule has 1 aliphatic heterocycles. The molecule has 104 valence electrons. The molecule has 1 aliphatic rings. The maximum Gasteiger partial charge on any atom is 0.238 e. The van der Waals surface area contributed by atoms with Gasteiger partial charge in [-0.2, -0.15) is 0 Å². The van der Waals surface area contributed by atoms with Crippen LogP contribution in [0.3, 0.4) is 0 Å². The highest BCUT2D eigenvalue weighted by Gasteiger charge is 2.25. The van der Waals surface area contributed by atoms with Crippen molar-refractivity contribution in [3.05, 3.63) is 29.3 Å². The molecule has 0 aliphatic carbocycles. The van der Waals surface area contributed by atoms with Crippen molar-refractivity contribution in [2.45, 2.75) is 32.7 Å². The Morgan fingerprint density at radius 3 is 2.89 bits per heavy atom. The van der Waals surface area contributed by atoms with Crippen LogP contribution >= 0.6 is 0 Å². The number of likely N-dealkylation sites (tertiary alicyclic amines) is 1. The fourth-order valence-corrected chi connectivity index (χ4v) is 2.51. The molecule has 1 saturated heterocycles. The molecule has 19 heavy (non-hydrogen) atoms. The van der Waals surface area contributed by atoms with E-state index in [1.165, 1.54) is 11.1 Å². The maximum absolute atomic E-state index is 12.0. The third-order valence-electron chi connectivity index (χ3n) is 3.85. The van der Waals surface area contributed by atoms with Gasteiger partial charge in [0.2, 0.25) is 5.91 Å². The Hall–Kier alpha value is -1.39. The highest BCUT2D eigenvalue weighted by atomic mass is 16.3. The van der Waals surface area contributed by atoms with E-state index in [1.54, 1.807) is 0 Å². The Morgan fingerprint density at radius 2 is 2.21 bits per heavy atom. The summed E-state index contributed by atoms with van der Waals surface area (Å²) in [6.07, 6.45) is 2.04. The molecule has 1 atom stereocenters. The quantitative estimate of drug-likeness (QED) is 0.868. The Morgan fingerprint density at radius 1 is 1.42 bits per heavy atom. The van der Waals surface area contributed by atoms with Crippen molar-refractivity contribution in [2.24, 2.45) is 0 Å². The van der Waals surface area contributed by atoms with Gasteiger partial charge < -0.3 is 10.4 Å². The van der Waals surface area contributed by atoms with Gasteiger partial charge in [-0.15, -0.1) is 0 Å². The highest BCUT2D eigenvalue weighted by molar-refractivity contribution is 5.92. The van der Waals surface area contributed by atoms with E-state index in [2.05, 4.69) is 17.1 Å². The molecule has 4 nitrogen and oxygen atoms in total. The molecule has 0 unspecified atom stereocenters. The number of rotatable bonds is 4. The van der Waals surface area contributed by atoms with E-state index < -0.39 is 0 Å². The number of amides is 1. The summed E-state index contributed by atoms with van der Waals surface area (Å²) in [5, 5.41) is 12.2. The smallest absolute Gasteiger partial charge is 0.238 e. The summed E-state index contributed by atoms with van der Waals surface area (Å²) >= 11 is 0. The zero-order chi connectivity index (χ0) is 13.8. The number of carbonyl (C=O) groups is 1. The van der Waals surface area contributed by atoms with Crippen LogP contribution in [0, 0.1) is 13.8 Å². The van der Waals surface area contributed by atoms with E-state index in [0.717, 1.165) is 25.1 Å². The molecular weight excluding hydrogens is 240 g/mol. The standard InChI is InChI=1S/C15H22N2O2/c1-11-5-6-13(8-12(11)2)16-15(19)9-17-7-3-4-14(17)10-18/h5-6,8,14,18H,3-4,7,9-10H2,1-2H3,(H,16,19)/t14-/m0/s1. The van der Waals surface area contributed by atoms with Crippen molar-refractivity contribution in [1.29, 1.82) is 0 Å². The van der Waals surface area contributed by atoms with Crippen LogP contribution in [-0.4, -0.2) is 41.7 Å². The predicted molar refractivity (Wildman–Crippen MR) is 76.2 cm³/mol. The van der Waals surface area contributed by atoms with Gasteiger partial charge in [0, 0.05) is 11.7 Å². The average molecular weight is 262 g/mol. The lowest BCUT2D eigenvalue weighted by Crippen LogP contribution is -2.38. The number of hydrogen-bond donors (Lipinski definition) is 2. The minimum atomic E-state index is -0.0106. The molecule has 1 heterocycles. The summed E-state index contributed by atoms with van der Waals surface area (Å²) in [5.74, 6) is -0.0106. The number of anilines is 1. The number of aliphatic hydroxyl groups excluding tert-OH is 1. The summed E-state index contributed by atoms with van der Waals surface area (Å²) < 4.78 is 0. The second-order valence-electron chi connectivity index (χ2n) is 5.30. The number of nitrogens with one attached hydrogen (secondary N) is 1. The lowest BCUT2D eigenvalue weighted by molar-refractivity contribution is -0.117. The third kappa shape index (κ3) is 3.55. The number of benzene rings is 1. The van der Waals surface area contributed by atoms with Gasteiger partial charge >= 0.3 is 0 Å². The summed E-state index contributed by atoms with van der Waals surface area (Å²) in [7, 11) is 0. The van der Waals surface area contributed by atoms with Crippen LogP contribution in [0.2, 0.25) is 0 Å². The molecule has 0 bridgehead atoms. The zero-order valence-electron chi connectivity index (χ0n) is 11.6. The molecule has 0 aromatic heterocycles. The van der Waals surface area contributed by atoms with Crippen LogP contribution in [0.1, 0.15) is 24.0 Å². The van der Waals surface area contributed by atoms with Crippen LogP contribution in [0.4, 0.5) is 5.69 Å². The van der Waals surface area contributed by atoms with Gasteiger partial charge in [-0.25, -0.2) is 0 Å². The summed E-state index contributed by atoms with van der Waals surface area (Å²) in [4.78, 5) is 14.0. The zero-order valence-corrected chi connectivity index (χ0v) is 11.6. The molecule has 1 fully saturated rings. The van der Waals surface area contributed by atoms with E-state index in [0.29, 0.717) is 6.54 Å². The minimum Gasteiger partial charge on any atom is -0.395 e. The van der Waals surface area contributed by atoms with Gasteiger partial charge in [-0.1, -0.05) is 6.07 Å². The molecule has 0 saturated carbocycles. The van der Waals surface area contributed by atoms with Gasteiger partial charge in [-0.3, -0.25) is 9.69 Å². The van der Waals surface area contributed by atoms with Gasteiger partial charge in [-0.05, 0) is 56.5 Å². The molecule has 2 N–H and O–H groups in total. The van der Waals surface area contributed by atoms with Gasteiger partial charge in [0.1, 0.15) is 0 Å². The summed E-state index contributed by atoms with van der Waals surface area (Å²) in [6, 6.07) is 6.07. The van der Waals surface area contributed by atoms with Crippen molar-refractivity contribution in [1.82, 2.24) is 4.90 Å². The lowest BCUT2D eigenvalue weighted by Gasteiger charge is -2.21. The Bertz CT molecular complexity index is 459. The number of carbonyl (C=O) groups excluding carboxylic acids is 1. The van der Waals surface area contributed by atoms with Crippen molar-refractivity contribution in [2.75, 3.05) is 25.0 Å². The minimum absolute atomic E-state index is 0.0106. The van der Waals surface area contributed by atoms with Crippen LogP contribution < -0.4 is 5.32 Å². The number of aryl methyl sites for hydroxylation is 2. The third-order valence-corrected chi connectivity index (χ3v) is 3.85. The number of aliphatic hydroxyl groups is 1. The Labute approximate surface area is 114 Å². The second-order valence-corrected chi connectivity index (χ2v) is 5.30. The van der Waals surface area contributed by atoms with E-state index in [-0.39, 0.29) is 18.6 Å². The Kier molecular flexibility index (Phi) is 4.56. The first-order valence-corrected chi connectivity index (χ1v) is 6.82. The van der Waals surface area contributed by atoms with E-state index in [1.807, 2.05) is 25.1 Å². The van der Waals surface area contributed by atoms with Gasteiger partial charge in [0.15, 0.2) is 0 Å². The first-order chi connectivity index (χ1) is 9.10. The molecule has 1 aromatic carbocycles. The van der Waals surface area contributed by atoms with Crippen LogP contribution in [0.5, 0.6) is 0 Å². The molecule has 0 spiro atoms. The fourth-order valence-electron chi connectivity index (χ4n) is 2.51. The van der Waals surface area contributed by atoms with E-state index in [4.69, 9.17) is 0 Å². The van der Waals surface area contributed by atoms with Crippen molar-refractivity contribution < 1.29 is 9.90 Å². The van der Waals surface area contributed by atoms with Gasteiger partial charge in [0.25, 0.3) is 0 Å². The molecular formula is C15H22N2O2. The van der Waals surface area contributed by atoms with Crippen molar-refractivity contribution in [3.8, 4) is 0 Å². The Balaban J connectivity index is 1.92. The fraction of sp³-hybridized carbons (Fsp3) is 0.533. The largest absolute Gasteiger partial charge is 0.395 e. The maximum atomic E-state index is 12.0. The molecule has 1 aromatic rings. The second kappa shape index (κ2) is 6.17. The van der Waals surface area contributed by atoms with Crippen LogP contribution in [-0.2, 0) is 4.79 Å². The molecule has 0 radical (unpaired) electrons. The first kappa shape index (κ1) is 14.0. The normalized spacial score (nSPS) is 19.6. The first-order valence-electron chi connectivity index (χ1n) is 6.82. The lowest BCUT2D eigenvalue weighted by atomic mass is 10.1.